The third-order valence-corrected chi connectivity index (χ3v) is 3.97. The number of hydrogen-bond donors (Lipinski definition) is 2. The van der Waals surface area contributed by atoms with Crippen LogP contribution in [0.1, 0.15) is 41.0 Å². The van der Waals surface area contributed by atoms with Crippen LogP contribution in [0.25, 0.3) is 0 Å². The number of pyridine rings is 1. The number of amides is 1. The summed E-state index contributed by atoms with van der Waals surface area (Å²) < 4.78 is 1.92. The topological polar surface area (TPSA) is 80.0 Å². The summed E-state index contributed by atoms with van der Waals surface area (Å²) in [5, 5.41) is 12.7. The second-order valence-electron chi connectivity index (χ2n) is 6.87. The first-order chi connectivity index (χ1) is 12.3. The van der Waals surface area contributed by atoms with E-state index >= 15 is 0 Å². The molecule has 0 aliphatic carbocycles. The summed E-state index contributed by atoms with van der Waals surface area (Å²) in [6.45, 7) is 6.04. The van der Waals surface area contributed by atoms with Crippen molar-refractivity contribution < 1.29 is 9.90 Å². The molecule has 0 saturated heterocycles. The lowest BCUT2D eigenvalue weighted by Crippen LogP contribution is -2.18. The van der Waals surface area contributed by atoms with Crippen LogP contribution in [0.2, 0.25) is 0 Å². The quantitative estimate of drug-likeness (QED) is 0.741. The first-order valence-corrected chi connectivity index (χ1v) is 8.39. The van der Waals surface area contributed by atoms with E-state index in [0.29, 0.717) is 23.6 Å². The van der Waals surface area contributed by atoms with E-state index in [4.69, 9.17) is 0 Å². The van der Waals surface area contributed by atoms with Crippen molar-refractivity contribution in [2.75, 3.05) is 5.32 Å². The van der Waals surface area contributed by atoms with E-state index in [1.807, 2.05) is 10.6 Å². The summed E-state index contributed by atoms with van der Waals surface area (Å²) >= 11 is 0. The largest absolute Gasteiger partial charge is 0.384 e. The number of rotatable bonds is 5. The number of carbonyl (C=O) groups is 1. The molecule has 134 valence electrons. The van der Waals surface area contributed by atoms with E-state index in [2.05, 4.69) is 40.4 Å². The third kappa shape index (κ3) is 4.34. The van der Waals surface area contributed by atoms with Gasteiger partial charge in [0, 0.05) is 18.9 Å². The lowest BCUT2D eigenvalue weighted by molar-refractivity contribution is 0.0737. The Kier molecular flexibility index (Phi) is 4.86. The molecular formula is C20H22N4O2. The van der Waals surface area contributed by atoms with Gasteiger partial charge < -0.3 is 15.0 Å². The number of carbonyl (C=O) groups excluding carboxylic acids is 1. The molecule has 0 radical (unpaired) electrons. The molecule has 1 aromatic carbocycles. The number of nitrogens with one attached hydrogen (secondary N) is 1. The number of nitrogens with zero attached hydrogens (tertiary/aromatic N) is 3. The molecule has 0 fully saturated rings. The van der Waals surface area contributed by atoms with Crippen molar-refractivity contribution in [1.82, 2.24) is 14.5 Å². The number of anilines is 1. The molecular weight excluding hydrogens is 328 g/mol. The van der Waals surface area contributed by atoms with Crippen LogP contribution in [0, 0.1) is 6.92 Å². The summed E-state index contributed by atoms with van der Waals surface area (Å²) in [6, 6.07) is 11.5. The van der Waals surface area contributed by atoms with Crippen LogP contribution in [-0.4, -0.2) is 25.5 Å². The van der Waals surface area contributed by atoms with Gasteiger partial charge in [0.15, 0.2) is 5.82 Å². The van der Waals surface area contributed by atoms with E-state index < -0.39 is 5.60 Å². The van der Waals surface area contributed by atoms with Gasteiger partial charge in [-0.05, 0) is 38.5 Å². The van der Waals surface area contributed by atoms with E-state index in [0.717, 1.165) is 0 Å². The molecule has 2 heterocycles. The highest BCUT2D eigenvalue weighted by molar-refractivity contribution is 6.03. The normalized spacial score (nSPS) is 11.4. The first-order valence-electron chi connectivity index (χ1n) is 8.39. The second kappa shape index (κ2) is 7.09. The molecule has 0 spiro atoms. The van der Waals surface area contributed by atoms with Gasteiger partial charge in [0.2, 0.25) is 0 Å². The van der Waals surface area contributed by atoms with Crippen LogP contribution in [0.4, 0.5) is 5.82 Å². The summed E-state index contributed by atoms with van der Waals surface area (Å²) in [7, 11) is 0. The van der Waals surface area contributed by atoms with Crippen LogP contribution in [0.5, 0.6) is 0 Å². The lowest BCUT2D eigenvalue weighted by atomic mass is 10.0. The molecule has 6 nitrogen and oxygen atoms in total. The van der Waals surface area contributed by atoms with Crippen molar-refractivity contribution in [3.05, 3.63) is 77.5 Å². The Morgan fingerprint density at radius 3 is 2.69 bits per heavy atom. The zero-order valence-electron chi connectivity index (χ0n) is 15.1. The Morgan fingerprint density at radius 1 is 1.23 bits per heavy atom. The standard InChI is InChI=1S/C20H22N4O2/c1-14-5-4-6-15(9-14)11-24-12-18(22-13-24)23-19(25)16-7-8-17(21-10-16)20(2,3)26/h4-10,12-13,26H,11H2,1-3H3,(H,23,25). The molecule has 0 atom stereocenters. The number of aryl methyl sites for hydroxylation is 1. The van der Waals surface area contributed by atoms with Crippen molar-refractivity contribution in [3.8, 4) is 0 Å². The average Bonchev–Trinajstić information content (AvgIpc) is 3.01. The van der Waals surface area contributed by atoms with Crippen LogP contribution in [0.15, 0.2) is 55.1 Å². The molecule has 0 unspecified atom stereocenters. The monoisotopic (exact) mass is 350 g/mol. The van der Waals surface area contributed by atoms with Crippen molar-refractivity contribution in [3.63, 3.8) is 0 Å². The Bertz CT molecular complexity index is 908. The van der Waals surface area contributed by atoms with Gasteiger partial charge in [-0.15, -0.1) is 0 Å². The van der Waals surface area contributed by atoms with E-state index in [-0.39, 0.29) is 5.91 Å². The Balaban J connectivity index is 1.66. The molecule has 6 heteroatoms. The highest BCUT2D eigenvalue weighted by Gasteiger charge is 2.18. The maximum absolute atomic E-state index is 12.3. The zero-order chi connectivity index (χ0) is 18.7. The van der Waals surface area contributed by atoms with Gasteiger partial charge in [-0.25, -0.2) is 4.98 Å². The fraction of sp³-hybridized carbons (Fsp3) is 0.250. The lowest BCUT2D eigenvalue weighted by Gasteiger charge is -2.16. The van der Waals surface area contributed by atoms with Crippen LogP contribution in [0.3, 0.4) is 0 Å². The predicted octanol–water partition coefficient (Wildman–Crippen LogP) is 3.11. The van der Waals surface area contributed by atoms with Crippen molar-refractivity contribution >= 4 is 11.7 Å². The van der Waals surface area contributed by atoms with Gasteiger partial charge in [0.25, 0.3) is 5.91 Å². The van der Waals surface area contributed by atoms with Gasteiger partial charge in [-0.1, -0.05) is 29.8 Å². The summed E-state index contributed by atoms with van der Waals surface area (Å²) in [4.78, 5) is 20.7. The minimum Gasteiger partial charge on any atom is -0.384 e. The Morgan fingerprint density at radius 2 is 2.04 bits per heavy atom. The van der Waals surface area contributed by atoms with E-state index in [9.17, 15) is 9.90 Å². The highest BCUT2D eigenvalue weighted by atomic mass is 16.3. The second-order valence-corrected chi connectivity index (χ2v) is 6.87. The number of aromatic nitrogens is 3. The average molecular weight is 350 g/mol. The SMILES string of the molecule is Cc1cccc(Cn2cnc(NC(=O)c3ccc(C(C)(C)O)nc3)c2)c1. The summed E-state index contributed by atoms with van der Waals surface area (Å²) in [6.07, 6.45) is 4.93. The van der Waals surface area contributed by atoms with Gasteiger partial charge in [-0.3, -0.25) is 9.78 Å². The van der Waals surface area contributed by atoms with Gasteiger partial charge >= 0.3 is 0 Å². The fourth-order valence-electron chi connectivity index (χ4n) is 2.61. The van der Waals surface area contributed by atoms with Crippen molar-refractivity contribution in [1.29, 1.82) is 0 Å². The maximum Gasteiger partial charge on any atom is 0.258 e. The Hall–Kier alpha value is -2.99. The van der Waals surface area contributed by atoms with Crippen LogP contribution < -0.4 is 5.32 Å². The fourth-order valence-corrected chi connectivity index (χ4v) is 2.61. The minimum atomic E-state index is -1.04. The maximum atomic E-state index is 12.3. The molecule has 2 N–H and O–H groups in total. The molecule has 3 rings (SSSR count). The third-order valence-electron chi connectivity index (χ3n) is 3.97. The van der Waals surface area contributed by atoms with Crippen molar-refractivity contribution in [2.45, 2.75) is 32.9 Å². The minimum absolute atomic E-state index is 0.291. The molecule has 3 aromatic rings. The first kappa shape index (κ1) is 17.8. The van der Waals surface area contributed by atoms with E-state index in [1.165, 1.54) is 17.3 Å². The number of aliphatic hydroxyl groups is 1. The smallest absolute Gasteiger partial charge is 0.258 e. The molecule has 26 heavy (non-hydrogen) atoms. The molecule has 0 saturated carbocycles. The highest BCUT2D eigenvalue weighted by Crippen LogP contribution is 2.17. The number of imidazole rings is 1. The number of hydrogen-bond acceptors (Lipinski definition) is 4. The molecule has 0 aliphatic rings. The van der Waals surface area contributed by atoms with Crippen LogP contribution in [-0.2, 0) is 12.1 Å². The van der Waals surface area contributed by atoms with E-state index in [1.54, 1.807) is 38.5 Å². The molecule has 2 aromatic heterocycles. The van der Waals surface area contributed by atoms with Crippen LogP contribution >= 0.6 is 0 Å². The van der Waals surface area contributed by atoms with Gasteiger partial charge in [0.1, 0.15) is 5.60 Å². The summed E-state index contributed by atoms with van der Waals surface area (Å²) in [5.41, 5.74) is 2.26. The summed E-state index contributed by atoms with van der Waals surface area (Å²) in [5.74, 6) is 0.190. The predicted molar refractivity (Wildman–Crippen MR) is 99.9 cm³/mol. The molecule has 0 aliphatic heterocycles. The van der Waals surface area contributed by atoms with Gasteiger partial charge in [0.05, 0.1) is 17.6 Å². The van der Waals surface area contributed by atoms with Gasteiger partial charge in [-0.2, -0.15) is 0 Å². The Labute approximate surface area is 152 Å². The molecule has 0 bridgehead atoms. The number of benzene rings is 1. The van der Waals surface area contributed by atoms with Crippen molar-refractivity contribution in [2.24, 2.45) is 0 Å². The zero-order valence-corrected chi connectivity index (χ0v) is 15.1. The molecule has 1 amide bonds.